The molecule has 128 valence electrons. The molecule has 0 amide bonds. The van der Waals surface area contributed by atoms with E-state index in [1.165, 1.54) is 5.56 Å². The summed E-state index contributed by atoms with van der Waals surface area (Å²) in [6.07, 6.45) is 0. The number of nitrogens with one attached hydrogen (secondary N) is 1. The number of benzene rings is 3. The number of hydrogen-bond acceptors (Lipinski definition) is 2. The number of aryl methyl sites for hydroxylation is 1. The third-order valence-electron chi connectivity index (χ3n) is 3.81. The van der Waals surface area contributed by atoms with Gasteiger partial charge in [-0.3, -0.25) is 0 Å². The van der Waals surface area contributed by atoms with Gasteiger partial charge in [-0.05, 0) is 48.4 Å². The SMILES string of the molecule is Cc1ccc(COc2ccc(CNc3cc(Cl)cc(Cl)c3)cc2)cc1. The first-order valence-electron chi connectivity index (χ1n) is 8.06. The fourth-order valence-corrected chi connectivity index (χ4v) is 2.94. The quantitative estimate of drug-likeness (QED) is 0.534. The standard InChI is InChI=1S/C21H19Cl2NO/c1-15-2-4-17(5-3-15)14-25-21-8-6-16(7-9-21)13-24-20-11-18(22)10-19(23)12-20/h2-12,24H,13-14H2,1H3. The van der Waals surface area contributed by atoms with E-state index in [9.17, 15) is 0 Å². The molecule has 0 aliphatic carbocycles. The molecule has 3 aromatic carbocycles. The number of ether oxygens (including phenoxy) is 1. The maximum Gasteiger partial charge on any atom is 0.119 e. The average Bonchev–Trinajstić information content (AvgIpc) is 2.60. The molecule has 0 atom stereocenters. The van der Waals surface area contributed by atoms with E-state index >= 15 is 0 Å². The highest BCUT2D eigenvalue weighted by Crippen LogP contribution is 2.23. The first kappa shape index (κ1) is 17.7. The Morgan fingerprint density at radius 3 is 2.04 bits per heavy atom. The van der Waals surface area contributed by atoms with E-state index in [-0.39, 0.29) is 0 Å². The number of anilines is 1. The lowest BCUT2D eigenvalue weighted by molar-refractivity contribution is 0.306. The van der Waals surface area contributed by atoms with Gasteiger partial charge in [-0.1, -0.05) is 65.2 Å². The van der Waals surface area contributed by atoms with Gasteiger partial charge in [0.25, 0.3) is 0 Å². The fraction of sp³-hybridized carbons (Fsp3) is 0.143. The van der Waals surface area contributed by atoms with Crippen LogP contribution < -0.4 is 10.1 Å². The first-order valence-corrected chi connectivity index (χ1v) is 8.81. The van der Waals surface area contributed by atoms with Gasteiger partial charge in [0.15, 0.2) is 0 Å². The lowest BCUT2D eigenvalue weighted by atomic mass is 10.2. The normalized spacial score (nSPS) is 10.5. The fourth-order valence-electron chi connectivity index (χ4n) is 2.41. The maximum absolute atomic E-state index is 6.01. The van der Waals surface area contributed by atoms with Gasteiger partial charge in [-0.25, -0.2) is 0 Å². The second-order valence-corrected chi connectivity index (χ2v) is 6.80. The highest BCUT2D eigenvalue weighted by Gasteiger charge is 2.00. The van der Waals surface area contributed by atoms with E-state index in [4.69, 9.17) is 27.9 Å². The molecule has 0 saturated carbocycles. The van der Waals surface area contributed by atoms with Crippen molar-refractivity contribution in [3.8, 4) is 5.75 Å². The Kier molecular flexibility index (Phi) is 5.85. The van der Waals surface area contributed by atoms with Crippen molar-refractivity contribution in [3.05, 3.63) is 93.5 Å². The topological polar surface area (TPSA) is 21.3 Å². The third-order valence-corrected chi connectivity index (χ3v) is 4.25. The number of hydrogen-bond donors (Lipinski definition) is 1. The Morgan fingerprint density at radius 1 is 0.800 bits per heavy atom. The Bertz CT molecular complexity index is 809. The monoisotopic (exact) mass is 371 g/mol. The van der Waals surface area contributed by atoms with Gasteiger partial charge >= 0.3 is 0 Å². The predicted molar refractivity (Wildman–Crippen MR) is 106 cm³/mol. The molecular weight excluding hydrogens is 353 g/mol. The molecule has 4 heteroatoms. The molecule has 25 heavy (non-hydrogen) atoms. The van der Waals surface area contributed by atoms with Crippen LogP contribution in [0, 0.1) is 6.92 Å². The minimum absolute atomic E-state index is 0.568. The molecule has 0 unspecified atom stereocenters. The number of halogens is 2. The zero-order chi connectivity index (χ0) is 17.6. The molecule has 0 aromatic heterocycles. The van der Waals surface area contributed by atoms with Crippen molar-refractivity contribution >= 4 is 28.9 Å². The predicted octanol–water partition coefficient (Wildman–Crippen LogP) is 6.49. The van der Waals surface area contributed by atoms with Crippen molar-refractivity contribution in [1.82, 2.24) is 0 Å². The van der Waals surface area contributed by atoms with E-state index in [1.54, 1.807) is 6.07 Å². The van der Waals surface area contributed by atoms with Crippen molar-refractivity contribution in [2.45, 2.75) is 20.1 Å². The van der Waals surface area contributed by atoms with Gasteiger partial charge in [-0.2, -0.15) is 0 Å². The molecule has 0 fully saturated rings. The summed E-state index contributed by atoms with van der Waals surface area (Å²) >= 11 is 12.0. The molecule has 0 aliphatic rings. The molecule has 2 nitrogen and oxygen atoms in total. The summed E-state index contributed by atoms with van der Waals surface area (Å²) in [4.78, 5) is 0. The summed E-state index contributed by atoms with van der Waals surface area (Å²) in [7, 11) is 0. The van der Waals surface area contributed by atoms with Crippen LogP contribution in [-0.2, 0) is 13.2 Å². The largest absolute Gasteiger partial charge is 0.489 e. The minimum Gasteiger partial charge on any atom is -0.489 e. The van der Waals surface area contributed by atoms with Crippen molar-refractivity contribution in [2.24, 2.45) is 0 Å². The van der Waals surface area contributed by atoms with Gasteiger partial charge in [-0.15, -0.1) is 0 Å². The third kappa shape index (κ3) is 5.42. The molecule has 3 rings (SSSR count). The molecule has 0 spiro atoms. The highest BCUT2D eigenvalue weighted by atomic mass is 35.5. The summed E-state index contributed by atoms with van der Waals surface area (Å²) in [5, 5.41) is 4.56. The Labute approximate surface area is 158 Å². The molecule has 0 radical (unpaired) electrons. The van der Waals surface area contributed by atoms with Crippen LogP contribution in [0.1, 0.15) is 16.7 Å². The van der Waals surface area contributed by atoms with Crippen molar-refractivity contribution < 1.29 is 4.74 Å². The summed E-state index contributed by atoms with van der Waals surface area (Å²) in [6, 6.07) is 21.8. The summed E-state index contributed by atoms with van der Waals surface area (Å²) in [5.41, 5.74) is 4.46. The Balaban J connectivity index is 1.54. The lowest BCUT2D eigenvalue weighted by Crippen LogP contribution is -2.00. The van der Waals surface area contributed by atoms with Crippen LogP contribution in [0.25, 0.3) is 0 Å². The van der Waals surface area contributed by atoms with Gasteiger partial charge in [0.1, 0.15) is 12.4 Å². The molecule has 0 bridgehead atoms. The second-order valence-electron chi connectivity index (χ2n) is 5.93. The van der Waals surface area contributed by atoms with E-state index < -0.39 is 0 Å². The highest BCUT2D eigenvalue weighted by molar-refractivity contribution is 6.35. The van der Waals surface area contributed by atoms with Crippen LogP contribution in [-0.4, -0.2) is 0 Å². The molecule has 1 N–H and O–H groups in total. The molecule has 3 aromatic rings. The van der Waals surface area contributed by atoms with E-state index in [0.717, 1.165) is 22.6 Å². The number of rotatable bonds is 6. The van der Waals surface area contributed by atoms with Crippen LogP contribution in [0.3, 0.4) is 0 Å². The maximum atomic E-state index is 6.01. The van der Waals surface area contributed by atoms with Gasteiger partial charge in [0.2, 0.25) is 0 Å². The molecular formula is C21H19Cl2NO. The second kappa shape index (κ2) is 8.28. The average molecular weight is 372 g/mol. The van der Waals surface area contributed by atoms with E-state index in [0.29, 0.717) is 23.2 Å². The minimum atomic E-state index is 0.568. The zero-order valence-electron chi connectivity index (χ0n) is 13.9. The van der Waals surface area contributed by atoms with Crippen LogP contribution >= 0.6 is 23.2 Å². The van der Waals surface area contributed by atoms with Crippen LogP contribution in [0.4, 0.5) is 5.69 Å². The van der Waals surface area contributed by atoms with Gasteiger partial charge < -0.3 is 10.1 Å². The van der Waals surface area contributed by atoms with E-state index in [2.05, 4.69) is 36.5 Å². The van der Waals surface area contributed by atoms with E-state index in [1.807, 2.05) is 36.4 Å². The van der Waals surface area contributed by atoms with Crippen LogP contribution in [0.5, 0.6) is 5.75 Å². The lowest BCUT2D eigenvalue weighted by Gasteiger charge is -2.10. The summed E-state index contributed by atoms with van der Waals surface area (Å²) < 4.78 is 5.83. The van der Waals surface area contributed by atoms with Gasteiger partial charge in [0.05, 0.1) is 0 Å². The summed E-state index contributed by atoms with van der Waals surface area (Å²) in [6.45, 7) is 3.34. The van der Waals surface area contributed by atoms with Crippen molar-refractivity contribution in [1.29, 1.82) is 0 Å². The first-order chi connectivity index (χ1) is 12.1. The molecule has 0 aliphatic heterocycles. The Hall–Kier alpha value is -2.16. The van der Waals surface area contributed by atoms with Crippen molar-refractivity contribution in [3.63, 3.8) is 0 Å². The van der Waals surface area contributed by atoms with Crippen molar-refractivity contribution in [2.75, 3.05) is 5.32 Å². The van der Waals surface area contributed by atoms with Crippen LogP contribution in [0.15, 0.2) is 66.7 Å². The van der Waals surface area contributed by atoms with Crippen LogP contribution in [0.2, 0.25) is 10.0 Å². The molecule has 0 saturated heterocycles. The zero-order valence-corrected chi connectivity index (χ0v) is 15.4. The van der Waals surface area contributed by atoms with Gasteiger partial charge in [0, 0.05) is 22.3 Å². The molecule has 0 heterocycles. The Morgan fingerprint density at radius 2 is 1.40 bits per heavy atom. The summed E-state index contributed by atoms with van der Waals surface area (Å²) in [5.74, 6) is 0.857. The smallest absolute Gasteiger partial charge is 0.119 e.